The molecule has 0 spiro atoms. The van der Waals surface area contributed by atoms with Gasteiger partial charge in [-0.2, -0.15) is 0 Å². The molecule has 0 saturated heterocycles. The molecule has 6 heteroatoms. The minimum absolute atomic E-state index is 0.418. The number of furan rings is 1. The molecule has 6 nitrogen and oxygen atoms in total. The fraction of sp³-hybridized carbons (Fsp3) is 0.571. The number of rotatable bonds is 4. The lowest BCUT2D eigenvalue weighted by molar-refractivity contribution is 0.169. The van der Waals surface area contributed by atoms with E-state index in [1.165, 1.54) is 0 Å². The number of nitrogens with zero attached hydrogens (tertiary/aromatic N) is 4. The average molecular weight is 276 g/mol. The lowest BCUT2D eigenvalue weighted by atomic mass is 10.2. The minimum Gasteiger partial charge on any atom is -0.468 e. The Kier molecular flexibility index (Phi) is 3.84. The van der Waals surface area contributed by atoms with Gasteiger partial charge in [0.2, 0.25) is 0 Å². The van der Waals surface area contributed by atoms with Gasteiger partial charge in [-0.15, -0.1) is 10.2 Å². The van der Waals surface area contributed by atoms with E-state index in [1.807, 2.05) is 12.1 Å². The van der Waals surface area contributed by atoms with Gasteiger partial charge < -0.3 is 13.7 Å². The summed E-state index contributed by atoms with van der Waals surface area (Å²) >= 11 is 0. The zero-order valence-electron chi connectivity index (χ0n) is 12.0. The first kappa shape index (κ1) is 13.3. The molecule has 1 unspecified atom stereocenters. The average Bonchev–Trinajstić information content (AvgIpc) is 3.03. The first-order valence-corrected chi connectivity index (χ1v) is 6.94. The highest BCUT2D eigenvalue weighted by Gasteiger charge is 2.24. The van der Waals surface area contributed by atoms with E-state index in [0.29, 0.717) is 12.6 Å². The molecule has 108 valence electrons. The van der Waals surface area contributed by atoms with Crippen LogP contribution < -0.4 is 0 Å². The summed E-state index contributed by atoms with van der Waals surface area (Å²) in [6.07, 6.45) is 2.63. The van der Waals surface area contributed by atoms with Crippen molar-refractivity contribution in [3.05, 3.63) is 35.8 Å². The number of hydrogen-bond acceptors (Lipinski definition) is 5. The van der Waals surface area contributed by atoms with Crippen LogP contribution in [0.4, 0.5) is 0 Å². The van der Waals surface area contributed by atoms with E-state index >= 15 is 0 Å². The predicted molar refractivity (Wildman–Crippen MR) is 73.0 cm³/mol. The third kappa shape index (κ3) is 2.62. The van der Waals surface area contributed by atoms with Crippen molar-refractivity contribution >= 4 is 0 Å². The number of hydrogen-bond donors (Lipinski definition) is 0. The molecule has 1 atom stereocenters. The maximum absolute atomic E-state index is 5.45. The molecule has 0 aromatic carbocycles. The van der Waals surface area contributed by atoms with Crippen LogP contribution in [-0.4, -0.2) is 39.4 Å². The topological polar surface area (TPSA) is 56.3 Å². The van der Waals surface area contributed by atoms with Crippen LogP contribution in [0.2, 0.25) is 0 Å². The standard InChI is InChI=1S/C14H20N4O2/c1-11-8-13-15-16-14(10-19-2)18(13)6-5-17(11)9-12-4-3-7-20-12/h3-4,7,11H,5-6,8-10H2,1-2H3. The van der Waals surface area contributed by atoms with Crippen LogP contribution in [-0.2, 0) is 30.9 Å². The van der Waals surface area contributed by atoms with Crippen molar-refractivity contribution in [2.45, 2.75) is 39.1 Å². The Morgan fingerprint density at radius 1 is 1.40 bits per heavy atom. The Morgan fingerprint density at radius 3 is 3.05 bits per heavy atom. The molecule has 3 rings (SSSR count). The second-order valence-electron chi connectivity index (χ2n) is 5.22. The molecular weight excluding hydrogens is 256 g/mol. The number of fused-ring (bicyclic) bond motifs is 1. The normalized spacial score (nSPS) is 19.8. The predicted octanol–water partition coefficient (Wildman–Crippen LogP) is 1.46. The molecule has 1 aliphatic heterocycles. The summed E-state index contributed by atoms with van der Waals surface area (Å²) in [4.78, 5) is 2.42. The Hall–Kier alpha value is -1.66. The van der Waals surface area contributed by atoms with Gasteiger partial charge in [0, 0.05) is 32.7 Å². The van der Waals surface area contributed by atoms with E-state index in [4.69, 9.17) is 9.15 Å². The summed E-state index contributed by atoms with van der Waals surface area (Å²) in [6.45, 7) is 5.44. The number of aromatic nitrogens is 3. The van der Waals surface area contributed by atoms with Crippen molar-refractivity contribution in [1.82, 2.24) is 19.7 Å². The van der Waals surface area contributed by atoms with E-state index in [1.54, 1.807) is 13.4 Å². The monoisotopic (exact) mass is 276 g/mol. The Morgan fingerprint density at radius 2 is 2.30 bits per heavy atom. The van der Waals surface area contributed by atoms with Gasteiger partial charge in [-0.3, -0.25) is 4.90 Å². The Balaban J connectivity index is 1.74. The summed E-state index contributed by atoms with van der Waals surface area (Å²) in [5, 5.41) is 8.52. The summed E-state index contributed by atoms with van der Waals surface area (Å²) in [6, 6.07) is 4.37. The molecule has 0 bridgehead atoms. The van der Waals surface area contributed by atoms with Crippen molar-refractivity contribution in [2.24, 2.45) is 0 Å². The van der Waals surface area contributed by atoms with Crippen molar-refractivity contribution in [1.29, 1.82) is 0 Å². The van der Waals surface area contributed by atoms with E-state index in [9.17, 15) is 0 Å². The molecule has 0 aliphatic carbocycles. The van der Waals surface area contributed by atoms with Crippen LogP contribution in [0.3, 0.4) is 0 Å². The Bertz CT molecular complexity index is 550. The lowest BCUT2D eigenvalue weighted by Gasteiger charge is -2.25. The SMILES string of the molecule is COCc1nnc2n1CCN(Cc1ccco1)C(C)C2. The molecule has 0 radical (unpaired) electrons. The molecule has 3 heterocycles. The van der Waals surface area contributed by atoms with Crippen molar-refractivity contribution in [2.75, 3.05) is 13.7 Å². The van der Waals surface area contributed by atoms with E-state index in [0.717, 1.165) is 43.5 Å². The van der Waals surface area contributed by atoms with Gasteiger partial charge in [0.15, 0.2) is 5.82 Å². The van der Waals surface area contributed by atoms with E-state index in [2.05, 4.69) is 26.6 Å². The van der Waals surface area contributed by atoms with Crippen molar-refractivity contribution < 1.29 is 9.15 Å². The maximum atomic E-state index is 5.45. The molecule has 1 aliphatic rings. The summed E-state index contributed by atoms with van der Waals surface area (Å²) in [5.74, 6) is 2.97. The number of methoxy groups -OCH3 is 1. The van der Waals surface area contributed by atoms with Gasteiger partial charge in [0.1, 0.15) is 18.2 Å². The highest BCUT2D eigenvalue weighted by atomic mass is 16.5. The highest BCUT2D eigenvalue weighted by molar-refractivity contribution is 5.02. The van der Waals surface area contributed by atoms with Crippen LogP contribution in [0.25, 0.3) is 0 Å². The van der Waals surface area contributed by atoms with Gasteiger partial charge in [0.25, 0.3) is 0 Å². The van der Waals surface area contributed by atoms with Crippen LogP contribution in [0, 0.1) is 0 Å². The van der Waals surface area contributed by atoms with Crippen LogP contribution in [0.5, 0.6) is 0 Å². The third-order valence-corrected chi connectivity index (χ3v) is 3.83. The van der Waals surface area contributed by atoms with Gasteiger partial charge >= 0.3 is 0 Å². The molecular formula is C14H20N4O2. The molecule has 0 fully saturated rings. The minimum atomic E-state index is 0.418. The zero-order valence-corrected chi connectivity index (χ0v) is 12.0. The second kappa shape index (κ2) is 5.76. The molecule has 20 heavy (non-hydrogen) atoms. The highest BCUT2D eigenvalue weighted by Crippen LogP contribution is 2.17. The van der Waals surface area contributed by atoms with E-state index in [-0.39, 0.29) is 0 Å². The summed E-state index contributed by atoms with van der Waals surface area (Å²) in [5.41, 5.74) is 0. The largest absolute Gasteiger partial charge is 0.468 e. The van der Waals surface area contributed by atoms with Crippen LogP contribution in [0.1, 0.15) is 24.3 Å². The molecule has 0 amide bonds. The van der Waals surface area contributed by atoms with Gasteiger partial charge in [0.05, 0.1) is 12.8 Å². The van der Waals surface area contributed by atoms with Crippen LogP contribution >= 0.6 is 0 Å². The van der Waals surface area contributed by atoms with Gasteiger partial charge in [-0.1, -0.05) is 0 Å². The quantitative estimate of drug-likeness (QED) is 0.846. The maximum Gasteiger partial charge on any atom is 0.159 e. The summed E-state index contributed by atoms with van der Waals surface area (Å²) < 4.78 is 12.8. The summed E-state index contributed by atoms with van der Waals surface area (Å²) in [7, 11) is 1.68. The Labute approximate surface area is 118 Å². The molecule has 2 aromatic heterocycles. The van der Waals surface area contributed by atoms with Crippen LogP contribution in [0.15, 0.2) is 22.8 Å². The first-order chi connectivity index (χ1) is 9.78. The zero-order chi connectivity index (χ0) is 13.9. The van der Waals surface area contributed by atoms with E-state index < -0.39 is 0 Å². The fourth-order valence-corrected chi connectivity index (χ4v) is 2.70. The fourth-order valence-electron chi connectivity index (χ4n) is 2.70. The lowest BCUT2D eigenvalue weighted by Crippen LogP contribution is -2.34. The third-order valence-electron chi connectivity index (χ3n) is 3.83. The van der Waals surface area contributed by atoms with Crippen molar-refractivity contribution in [3.8, 4) is 0 Å². The second-order valence-corrected chi connectivity index (χ2v) is 5.22. The van der Waals surface area contributed by atoms with Gasteiger partial charge in [-0.25, -0.2) is 0 Å². The van der Waals surface area contributed by atoms with Crippen molar-refractivity contribution in [3.63, 3.8) is 0 Å². The molecule has 0 N–H and O–H groups in total. The smallest absolute Gasteiger partial charge is 0.159 e. The van der Waals surface area contributed by atoms with Gasteiger partial charge in [-0.05, 0) is 19.1 Å². The molecule has 0 saturated carbocycles. The molecule has 2 aromatic rings. The first-order valence-electron chi connectivity index (χ1n) is 6.94. The number of ether oxygens (including phenoxy) is 1.